The van der Waals surface area contributed by atoms with Gasteiger partial charge in [-0.3, -0.25) is 25.2 Å². The van der Waals surface area contributed by atoms with Crippen molar-refractivity contribution in [3.05, 3.63) is 63.6 Å². The summed E-state index contributed by atoms with van der Waals surface area (Å²) in [6.07, 6.45) is 4.52. The zero-order valence-corrected chi connectivity index (χ0v) is 15.6. The minimum absolute atomic E-state index is 0.0762. The summed E-state index contributed by atoms with van der Waals surface area (Å²) < 4.78 is 5.63. The first-order valence-corrected chi connectivity index (χ1v) is 9.04. The van der Waals surface area contributed by atoms with Crippen LogP contribution in [0.25, 0.3) is 0 Å². The highest BCUT2D eigenvalue weighted by molar-refractivity contribution is 5.98. The number of amides is 2. The van der Waals surface area contributed by atoms with Crippen molar-refractivity contribution in [1.82, 2.24) is 15.8 Å². The van der Waals surface area contributed by atoms with Crippen LogP contribution in [0, 0.1) is 6.92 Å². The number of carbonyl (C=O) groups excluding carboxylic acids is 2. The fraction of sp³-hybridized carbons (Fsp3) is 0.350. The van der Waals surface area contributed by atoms with E-state index in [0.717, 1.165) is 12.8 Å². The van der Waals surface area contributed by atoms with E-state index in [0.29, 0.717) is 23.6 Å². The van der Waals surface area contributed by atoms with Gasteiger partial charge in [0, 0.05) is 11.3 Å². The van der Waals surface area contributed by atoms with Crippen molar-refractivity contribution in [3.8, 4) is 5.75 Å². The maximum atomic E-state index is 12.1. The third-order valence-corrected chi connectivity index (χ3v) is 3.97. The highest BCUT2D eigenvalue weighted by Crippen LogP contribution is 2.13. The molecule has 1 aromatic heterocycles. The first-order chi connectivity index (χ1) is 13.0. The number of benzene rings is 1. The molecule has 0 unspecified atom stereocenters. The first-order valence-electron chi connectivity index (χ1n) is 9.04. The molecule has 1 aromatic carbocycles. The molecule has 1 heterocycles. The predicted octanol–water partition coefficient (Wildman–Crippen LogP) is 2.72. The van der Waals surface area contributed by atoms with Crippen molar-refractivity contribution in [1.29, 1.82) is 0 Å². The van der Waals surface area contributed by atoms with Crippen LogP contribution in [0.2, 0.25) is 0 Å². The third kappa shape index (κ3) is 6.29. The molecule has 0 fully saturated rings. The van der Waals surface area contributed by atoms with E-state index in [-0.39, 0.29) is 5.56 Å². The monoisotopic (exact) mass is 371 g/mol. The minimum atomic E-state index is -0.684. The molecule has 7 heteroatoms. The van der Waals surface area contributed by atoms with Gasteiger partial charge in [-0.2, -0.15) is 0 Å². The molecule has 3 N–H and O–H groups in total. The van der Waals surface area contributed by atoms with Crippen LogP contribution in [0.3, 0.4) is 0 Å². The van der Waals surface area contributed by atoms with Crippen LogP contribution in [0.15, 0.2) is 41.2 Å². The number of hydrogen-bond acceptors (Lipinski definition) is 4. The van der Waals surface area contributed by atoms with Crippen LogP contribution < -0.4 is 21.1 Å². The number of aromatic amines is 1. The Kier molecular flexibility index (Phi) is 7.61. The number of ether oxygens (including phenoxy) is 1. The van der Waals surface area contributed by atoms with Crippen molar-refractivity contribution < 1.29 is 14.3 Å². The van der Waals surface area contributed by atoms with Gasteiger partial charge < -0.3 is 9.72 Å². The smallest absolute Gasteiger partial charge is 0.275 e. The van der Waals surface area contributed by atoms with Crippen molar-refractivity contribution >= 4 is 11.8 Å². The number of unbranched alkanes of at least 4 members (excludes halogenated alkanes) is 3. The molecule has 0 aliphatic carbocycles. The molecular formula is C20H25N3O4. The second kappa shape index (κ2) is 10.2. The standard InChI is InChI=1S/C20H25N3O4/c1-3-4-5-6-13-27-16-10-8-15(9-11-16)18(24)22-23-20(26)17-12-7-14(2)21-19(17)25/h7-12H,3-6,13H2,1-2H3,(H,21,25)(H,22,24)(H,23,26). The topological polar surface area (TPSA) is 100 Å². The van der Waals surface area contributed by atoms with E-state index in [9.17, 15) is 14.4 Å². The largest absolute Gasteiger partial charge is 0.494 e. The van der Waals surface area contributed by atoms with Gasteiger partial charge in [0.2, 0.25) is 0 Å². The third-order valence-electron chi connectivity index (χ3n) is 3.97. The quantitative estimate of drug-likeness (QED) is 0.491. The fourth-order valence-electron chi connectivity index (χ4n) is 2.43. The van der Waals surface area contributed by atoms with E-state index in [1.807, 2.05) is 0 Å². The number of pyridine rings is 1. The van der Waals surface area contributed by atoms with Crippen molar-refractivity contribution in [3.63, 3.8) is 0 Å². The molecule has 0 spiro atoms. The number of aromatic nitrogens is 1. The van der Waals surface area contributed by atoms with Gasteiger partial charge >= 0.3 is 0 Å². The lowest BCUT2D eigenvalue weighted by Gasteiger charge is -2.09. The molecule has 0 aliphatic rings. The van der Waals surface area contributed by atoms with Crippen LogP contribution >= 0.6 is 0 Å². The zero-order chi connectivity index (χ0) is 19.6. The summed E-state index contributed by atoms with van der Waals surface area (Å²) in [5.74, 6) is -0.476. The molecule has 144 valence electrons. The Hall–Kier alpha value is -3.09. The maximum absolute atomic E-state index is 12.1. The number of hydrogen-bond donors (Lipinski definition) is 3. The van der Waals surface area contributed by atoms with E-state index >= 15 is 0 Å². The number of H-pyrrole nitrogens is 1. The Bertz CT molecular complexity index is 828. The molecule has 0 atom stereocenters. The Morgan fingerprint density at radius 3 is 2.33 bits per heavy atom. The highest BCUT2D eigenvalue weighted by Gasteiger charge is 2.12. The molecule has 0 saturated carbocycles. The van der Waals surface area contributed by atoms with Crippen LogP contribution in [0.5, 0.6) is 5.75 Å². The average molecular weight is 371 g/mol. The first kappa shape index (κ1) is 20.2. The Morgan fingerprint density at radius 1 is 0.963 bits per heavy atom. The normalized spacial score (nSPS) is 10.3. The van der Waals surface area contributed by atoms with Crippen molar-refractivity contribution in [2.24, 2.45) is 0 Å². The van der Waals surface area contributed by atoms with E-state index in [2.05, 4.69) is 22.8 Å². The van der Waals surface area contributed by atoms with Crippen molar-refractivity contribution in [2.75, 3.05) is 6.61 Å². The average Bonchev–Trinajstić information content (AvgIpc) is 2.66. The Balaban J connectivity index is 1.83. The van der Waals surface area contributed by atoms with Gasteiger partial charge in [0.15, 0.2) is 0 Å². The summed E-state index contributed by atoms with van der Waals surface area (Å²) in [6.45, 7) is 4.52. The molecule has 0 saturated heterocycles. The van der Waals surface area contributed by atoms with Gasteiger partial charge in [-0.05, 0) is 49.7 Å². The molecule has 2 rings (SSSR count). The van der Waals surface area contributed by atoms with Gasteiger partial charge in [0.05, 0.1) is 6.61 Å². The van der Waals surface area contributed by atoms with Gasteiger partial charge in [0.25, 0.3) is 17.4 Å². The van der Waals surface area contributed by atoms with Gasteiger partial charge in [-0.1, -0.05) is 26.2 Å². The molecule has 0 aliphatic heterocycles. The maximum Gasteiger partial charge on any atom is 0.275 e. The Labute approximate surface area is 158 Å². The number of carbonyl (C=O) groups is 2. The SMILES string of the molecule is CCCCCCOc1ccc(C(=O)NNC(=O)c2ccc(C)[nH]c2=O)cc1. The molecule has 0 radical (unpaired) electrons. The van der Waals surface area contributed by atoms with Gasteiger partial charge in [-0.25, -0.2) is 0 Å². The van der Waals surface area contributed by atoms with Crippen LogP contribution in [0.4, 0.5) is 0 Å². The van der Waals surface area contributed by atoms with Crippen LogP contribution in [0.1, 0.15) is 59.0 Å². The van der Waals surface area contributed by atoms with E-state index < -0.39 is 17.4 Å². The minimum Gasteiger partial charge on any atom is -0.494 e. The summed E-state index contributed by atoms with van der Waals surface area (Å²) in [6, 6.07) is 9.66. The number of aryl methyl sites for hydroxylation is 1. The van der Waals surface area contributed by atoms with Gasteiger partial charge in [0.1, 0.15) is 11.3 Å². The molecule has 0 bridgehead atoms. The second-order valence-corrected chi connectivity index (χ2v) is 6.23. The van der Waals surface area contributed by atoms with E-state index in [1.54, 1.807) is 37.3 Å². The molecule has 27 heavy (non-hydrogen) atoms. The van der Waals surface area contributed by atoms with Crippen LogP contribution in [-0.2, 0) is 0 Å². The van der Waals surface area contributed by atoms with Gasteiger partial charge in [-0.15, -0.1) is 0 Å². The lowest BCUT2D eigenvalue weighted by atomic mass is 10.2. The zero-order valence-electron chi connectivity index (χ0n) is 15.6. The van der Waals surface area contributed by atoms with Crippen LogP contribution in [-0.4, -0.2) is 23.4 Å². The molecule has 2 amide bonds. The lowest BCUT2D eigenvalue weighted by molar-refractivity contribution is 0.0845. The number of rotatable bonds is 8. The Morgan fingerprint density at radius 2 is 1.67 bits per heavy atom. The van der Waals surface area contributed by atoms with E-state index in [1.165, 1.54) is 18.9 Å². The summed E-state index contributed by atoms with van der Waals surface area (Å²) in [7, 11) is 0. The van der Waals surface area contributed by atoms with E-state index in [4.69, 9.17) is 4.74 Å². The number of hydrazine groups is 1. The predicted molar refractivity (Wildman–Crippen MR) is 103 cm³/mol. The fourth-order valence-corrected chi connectivity index (χ4v) is 2.43. The molecule has 7 nitrogen and oxygen atoms in total. The highest BCUT2D eigenvalue weighted by atomic mass is 16.5. The number of nitrogens with one attached hydrogen (secondary N) is 3. The summed E-state index contributed by atoms with van der Waals surface area (Å²) in [5.41, 5.74) is 4.95. The molecule has 2 aromatic rings. The lowest BCUT2D eigenvalue weighted by Crippen LogP contribution is -2.43. The second-order valence-electron chi connectivity index (χ2n) is 6.23. The molecular weight excluding hydrogens is 346 g/mol. The summed E-state index contributed by atoms with van der Waals surface area (Å²) in [5, 5.41) is 0. The summed E-state index contributed by atoms with van der Waals surface area (Å²) >= 11 is 0. The van der Waals surface area contributed by atoms with Crippen molar-refractivity contribution in [2.45, 2.75) is 39.5 Å². The summed E-state index contributed by atoms with van der Waals surface area (Å²) in [4.78, 5) is 38.4.